The zero-order valence-electron chi connectivity index (χ0n) is 22.8. The molecule has 0 bridgehead atoms. The van der Waals surface area contributed by atoms with E-state index < -0.39 is 11.4 Å². The second kappa shape index (κ2) is 7.59. The number of carboxylic acids is 1. The Hall–Kier alpha value is -0.830. The number of carboxylic acid groups (broad SMARTS) is 1. The Bertz CT molecular complexity index is 876. The molecule has 5 aliphatic carbocycles. The summed E-state index contributed by atoms with van der Waals surface area (Å²) < 4.78 is 0. The van der Waals surface area contributed by atoms with Crippen molar-refractivity contribution in [3.05, 3.63) is 12.2 Å². The van der Waals surface area contributed by atoms with Crippen LogP contribution in [0.1, 0.15) is 112 Å². The number of rotatable bonds is 3. The Kier molecular flexibility index (Phi) is 5.55. The van der Waals surface area contributed by atoms with Crippen LogP contribution >= 0.6 is 0 Å². The van der Waals surface area contributed by atoms with E-state index in [9.17, 15) is 15.0 Å². The maximum atomic E-state index is 12.8. The van der Waals surface area contributed by atoms with E-state index in [4.69, 9.17) is 0 Å². The summed E-state index contributed by atoms with van der Waals surface area (Å²) in [6, 6.07) is 0. The van der Waals surface area contributed by atoms with E-state index in [2.05, 4.69) is 48.1 Å². The molecule has 3 heteroatoms. The minimum absolute atomic E-state index is 0.0213. The number of fused-ring (bicyclic) bond motifs is 7. The molecule has 5 saturated carbocycles. The Balaban J connectivity index is 1.56. The first-order valence-corrected chi connectivity index (χ1v) is 14.4. The maximum absolute atomic E-state index is 12.8. The van der Waals surface area contributed by atoms with Crippen molar-refractivity contribution in [3.63, 3.8) is 0 Å². The molecule has 0 aromatic carbocycles. The third-order valence-corrected chi connectivity index (χ3v) is 13.8. The lowest BCUT2D eigenvalue weighted by Gasteiger charge is -2.72. The molecule has 2 N–H and O–H groups in total. The van der Waals surface area contributed by atoms with Gasteiger partial charge in [-0.15, -0.1) is 0 Å². The van der Waals surface area contributed by atoms with Crippen molar-refractivity contribution < 1.29 is 15.0 Å². The number of allylic oxidation sites excluding steroid dienone is 1. The van der Waals surface area contributed by atoms with E-state index in [1.54, 1.807) is 0 Å². The number of carbonyl (C=O) groups is 1. The van der Waals surface area contributed by atoms with Gasteiger partial charge in [0.2, 0.25) is 0 Å². The highest BCUT2D eigenvalue weighted by Gasteiger charge is 2.72. The third kappa shape index (κ3) is 2.83. The first-order valence-electron chi connectivity index (χ1n) is 14.4. The highest BCUT2D eigenvalue weighted by Crippen LogP contribution is 2.77. The number of aliphatic carboxylic acids is 1. The van der Waals surface area contributed by atoms with E-state index in [0.29, 0.717) is 23.7 Å². The van der Waals surface area contributed by atoms with Gasteiger partial charge in [-0.3, -0.25) is 4.79 Å². The molecule has 0 aromatic heterocycles. The minimum atomic E-state index is -0.534. The summed E-state index contributed by atoms with van der Waals surface area (Å²) in [5.41, 5.74) is 1.44. The number of hydrogen-bond acceptors (Lipinski definition) is 2. The van der Waals surface area contributed by atoms with Crippen LogP contribution in [0, 0.1) is 56.7 Å². The van der Waals surface area contributed by atoms with Crippen LogP contribution in [0.4, 0.5) is 0 Å². The zero-order chi connectivity index (χ0) is 24.9. The number of aliphatic hydroxyl groups is 1. The van der Waals surface area contributed by atoms with Gasteiger partial charge < -0.3 is 10.2 Å². The van der Waals surface area contributed by atoms with Crippen LogP contribution < -0.4 is 0 Å². The third-order valence-electron chi connectivity index (χ3n) is 13.8. The first kappa shape index (κ1) is 24.8. The standard InChI is InChI=1S/C31H50O3/c1-8-19(2)20-11-16-31(26(33)34)18-17-29(6)21(25(20)31)9-10-23-28(5)14-13-24(32)27(3,4)22(28)12-15-30(23,29)7/h20-25,32H,2,8-18H2,1,3-7H3,(H,33,34)/t20-,21?,22?,23?,24-,25?,28-,29+,30+,31-/m0/s1. The summed E-state index contributed by atoms with van der Waals surface area (Å²) in [7, 11) is 0. The van der Waals surface area contributed by atoms with Gasteiger partial charge in [0.15, 0.2) is 0 Å². The highest BCUT2D eigenvalue weighted by molar-refractivity contribution is 5.76. The first-order chi connectivity index (χ1) is 15.8. The zero-order valence-corrected chi connectivity index (χ0v) is 22.8. The molecular formula is C31H50O3. The summed E-state index contributed by atoms with van der Waals surface area (Å²) in [5.74, 6) is 1.82. The summed E-state index contributed by atoms with van der Waals surface area (Å²) in [6.45, 7) is 19.0. The lowest BCUT2D eigenvalue weighted by Crippen LogP contribution is -2.67. The van der Waals surface area contributed by atoms with Crippen molar-refractivity contribution in [1.29, 1.82) is 0 Å². The fraction of sp³-hybridized carbons (Fsp3) is 0.903. The molecule has 0 saturated heterocycles. The average molecular weight is 471 g/mol. The van der Waals surface area contributed by atoms with Gasteiger partial charge in [0.1, 0.15) is 0 Å². The van der Waals surface area contributed by atoms with Gasteiger partial charge in [-0.25, -0.2) is 0 Å². The molecule has 5 aliphatic rings. The molecule has 0 heterocycles. The Morgan fingerprint density at radius 1 is 0.853 bits per heavy atom. The molecule has 0 aromatic rings. The van der Waals surface area contributed by atoms with E-state index >= 15 is 0 Å². The quantitative estimate of drug-likeness (QED) is 0.420. The largest absolute Gasteiger partial charge is 0.481 e. The molecule has 10 atom stereocenters. The smallest absolute Gasteiger partial charge is 0.309 e. The molecule has 5 rings (SSSR count). The van der Waals surface area contributed by atoms with Crippen molar-refractivity contribution in [2.24, 2.45) is 56.7 Å². The van der Waals surface area contributed by atoms with Gasteiger partial charge in [0, 0.05) is 0 Å². The molecule has 0 aliphatic heterocycles. The maximum Gasteiger partial charge on any atom is 0.309 e. The van der Waals surface area contributed by atoms with Crippen LogP contribution in [0.2, 0.25) is 0 Å². The SMILES string of the molecule is C=C(CC)[C@@H]1CC[C@]2(C(=O)O)CC[C@]3(C)C(CCC4[C@@]5(C)CC[C@H](O)C(C)(C)C5CC[C@]43C)C12. The molecular weight excluding hydrogens is 420 g/mol. The predicted molar refractivity (Wildman–Crippen MR) is 137 cm³/mol. The molecule has 0 radical (unpaired) electrons. The van der Waals surface area contributed by atoms with E-state index in [0.717, 1.165) is 44.9 Å². The van der Waals surface area contributed by atoms with Crippen molar-refractivity contribution >= 4 is 5.97 Å². The molecule has 4 unspecified atom stereocenters. The van der Waals surface area contributed by atoms with Gasteiger partial charge in [-0.2, -0.15) is 0 Å². The lowest BCUT2D eigenvalue weighted by atomic mass is 9.32. The van der Waals surface area contributed by atoms with Crippen molar-refractivity contribution in [2.45, 2.75) is 118 Å². The summed E-state index contributed by atoms with van der Waals surface area (Å²) in [5, 5.41) is 21.5. The van der Waals surface area contributed by atoms with Crippen molar-refractivity contribution in [2.75, 3.05) is 0 Å². The molecule has 0 spiro atoms. The molecule has 0 amide bonds. The van der Waals surface area contributed by atoms with Crippen molar-refractivity contribution in [3.8, 4) is 0 Å². The van der Waals surface area contributed by atoms with Crippen LogP contribution in [0.15, 0.2) is 12.2 Å². The normalized spacial score (nSPS) is 53.7. The van der Waals surface area contributed by atoms with Crippen LogP contribution in [-0.2, 0) is 4.79 Å². The Morgan fingerprint density at radius 2 is 1.56 bits per heavy atom. The fourth-order valence-corrected chi connectivity index (χ4v) is 11.7. The van der Waals surface area contributed by atoms with Gasteiger partial charge in [0.25, 0.3) is 0 Å². The molecule has 34 heavy (non-hydrogen) atoms. The Labute approximate surface area is 208 Å². The van der Waals surface area contributed by atoms with Crippen LogP contribution in [0.5, 0.6) is 0 Å². The molecule has 192 valence electrons. The lowest BCUT2D eigenvalue weighted by molar-refractivity contribution is -0.248. The van der Waals surface area contributed by atoms with Crippen LogP contribution in [-0.4, -0.2) is 22.3 Å². The fourth-order valence-electron chi connectivity index (χ4n) is 11.7. The van der Waals surface area contributed by atoms with Crippen molar-refractivity contribution in [1.82, 2.24) is 0 Å². The average Bonchev–Trinajstić information content (AvgIpc) is 3.18. The summed E-state index contributed by atoms with van der Waals surface area (Å²) >= 11 is 0. The van der Waals surface area contributed by atoms with E-state index in [-0.39, 0.29) is 33.7 Å². The predicted octanol–water partition coefficient (Wildman–Crippen LogP) is 7.48. The topological polar surface area (TPSA) is 57.5 Å². The van der Waals surface area contributed by atoms with E-state index in [1.807, 2.05) is 0 Å². The van der Waals surface area contributed by atoms with E-state index in [1.165, 1.54) is 31.3 Å². The monoisotopic (exact) mass is 470 g/mol. The van der Waals surface area contributed by atoms with Crippen LogP contribution in [0.3, 0.4) is 0 Å². The number of hydrogen-bond donors (Lipinski definition) is 2. The van der Waals surface area contributed by atoms with Gasteiger partial charge in [0.05, 0.1) is 11.5 Å². The summed E-state index contributed by atoms with van der Waals surface area (Å²) in [4.78, 5) is 12.8. The molecule has 3 nitrogen and oxygen atoms in total. The highest BCUT2D eigenvalue weighted by atomic mass is 16.4. The van der Waals surface area contributed by atoms with Gasteiger partial charge in [-0.1, -0.05) is 53.7 Å². The molecule has 5 fully saturated rings. The van der Waals surface area contributed by atoms with Gasteiger partial charge >= 0.3 is 5.97 Å². The summed E-state index contributed by atoms with van der Waals surface area (Å²) in [6.07, 6.45) is 11.5. The second-order valence-corrected chi connectivity index (χ2v) is 14.7. The Morgan fingerprint density at radius 3 is 2.21 bits per heavy atom. The van der Waals surface area contributed by atoms with Gasteiger partial charge in [-0.05, 0) is 122 Å². The second-order valence-electron chi connectivity index (χ2n) is 14.7. The minimum Gasteiger partial charge on any atom is -0.481 e. The van der Waals surface area contributed by atoms with Crippen LogP contribution in [0.25, 0.3) is 0 Å². The number of aliphatic hydroxyl groups excluding tert-OH is 1.